The van der Waals surface area contributed by atoms with Crippen molar-refractivity contribution in [3.63, 3.8) is 0 Å². The number of amides is 1. The molecule has 0 unspecified atom stereocenters. The van der Waals surface area contributed by atoms with Crippen LogP contribution in [0.3, 0.4) is 0 Å². The molecule has 0 saturated carbocycles. The van der Waals surface area contributed by atoms with Crippen molar-refractivity contribution in [3.05, 3.63) is 58.7 Å². The van der Waals surface area contributed by atoms with Gasteiger partial charge in [-0.25, -0.2) is 9.50 Å². The maximum atomic E-state index is 12.7. The summed E-state index contributed by atoms with van der Waals surface area (Å²) in [6.07, 6.45) is -1.87. The minimum atomic E-state index is -4.32. The Balaban J connectivity index is 1.28. The predicted octanol–water partition coefficient (Wildman–Crippen LogP) is 3.04. The number of carbonyl (C=O) groups is 1. The van der Waals surface area contributed by atoms with E-state index in [-0.39, 0.29) is 5.91 Å². The van der Waals surface area contributed by atoms with E-state index in [1.165, 1.54) is 18.5 Å². The van der Waals surface area contributed by atoms with Gasteiger partial charge in [0.2, 0.25) is 5.91 Å². The zero-order valence-corrected chi connectivity index (χ0v) is 18.1. The van der Waals surface area contributed by atoms with Gasteiger partial charge in [-0.3, -0.25) is 9.69 Å². The fraction of sp³-hybridized carbons (Fsp3) is 0.455. The number of benzene rings is 1. The lowest BCUT2D eigenvalue weighted by atomic mass is 10.1. The molecule has 0 spiro atoms. The number of aromatic nitrogens is 4. The SMILES string of the molecule is Cc1nc2ncnn2c(C)c1CCC(=O)N1CCN(Cc2ccc(C(F)(F)F)cc2)CC1. The lowest BCUT2D eigenvalue weighted by molar-refractivity contribution is -0.137. The number of piperazine rings is 1. The number of rotatable bonds is 5. The first-order valence-corrected chi connectivity index (χ1v) is 10.5. The van der Waals surface area contributed by atoms with Gasteiger partial charge in [0.1, 0.15) is 6.33 Å². The summed E-state index contributed by atoms with van der Waals surface area (Å²) in [6, 6.07) is 5.27. The average Bonchev–Trinajstić information content (AvgIpc) is 3.22. The molecule has 1 aromatic carbocycles. The Morgan fingerprint density at radius 2 is 1.75 bits per heavy atom. The largest absolute Gasteiger partial charge is 0.416 e. The fourth-order valence-electron chi connectivity index (χ4n) is 4.12. The molecule has 0 aliphatic carbocycles. The van der Waals surface area contributed by atoms with Gasteiger partial charge in [-0.15, -0.1) is 0 Å². The van der Waals surface area contributed by atoms with Crippen LogP contribution in [0.1, 0.15) is 34.5 Å². The number of aryl methyl sites for hydroxylation is 2. The summed E-state index contributed by atoms with van der Waals surface area (Å²) < 4.78 is 39.8. The van der Waals surface area contributed by atoms with E-state index in [9.17, 15) is 18.0 Å². The van der Waals surface area contributed by atoms with Crippen LogP contribution in [0.4, 0.5) is 13.2 Å². The fourth-order valence-corrected chi connectivity index (χ4v) is 4.12. The Morgan fingerprint density at radius 3 is 2.41 bits per heavy atom. The van der Waals surface area contributed by atoms with E-state index in [1.54, 1.807) is 4.52 Å². The van der Waals surface area contributed by atoms with Crippen LogP contribution >= 0.6 is 0 Å². The zero-order valence-electron chi connectivity index (χ0n) is 18.1. The first kappa shape index (κ1) is 22.2. The topological polar surface area (TPSA) is 66.6 Å². The molecule has 0 N–H and O–H groups in total. The third-order valence-electron chi connectivity index (χ3n) is 5.99. The minimum absolute atomic E-state index is 0.0941. The van der Waals surface area contributed by atoms with E-state index in [0.717, 1.165) is 34.6 Å². The Bertz CT molecular complexity index is 1100. The Labute approximate surface area is 183 Å². The maximum absolute atomic E-state index is 12.7. The highest BCUT2D eigenvalue weighted by molar-refractivity contribution is 5.76. The third kappa shape index (κ3) is 4.74. The van der Waals surface area contributed by atoms with Crippen LogP contribution in [0.2, 0.25) is 0 Å². The molecule has 0 atom stereocenters. The van der Waals surface area contributed by atoms with Crippen LogP contribution in [0, 0.1) is 13.8 Å². The van der Waals surface area contributed by atoms with Crippen LogP contribution in [-0.4, -0.2) is 61.5 Å². The van der Waals surface area contributed by atoms with Crippen LogP contribution in [0.5, 0.6) is 0 Å². The first-order valence-electron chi connectivity index (χ1n) is 10.5. The highest BCUT2D eigenvalue weighted by atomic mass is 19.4. The van der Waals surface area contributed by atoms with E-state index in [0.29, 0.717) is 51.3 Å². The molecule has 0 radical (unpaired) electrons. The molecule has 1 amide bonds. The molecule has 3 heterocycles. The van der Waals surface area contributed by atoms with Crippen molar-refractivity contribution < 1.29 is 18.0 Å². The maximum Gasteiger partial charge on any atom is 0.416 e. The summed E-state index contributed by atoms with van der Waals surface area (Å²) in [5.41, 5.74) is 3.01. The molecule has 170 valence electrons. The number of fused-ring (bicyclic) bond motifs is 1. The van der Waals surface area contributed by atoms with Crippen molar-refractivity contribution in [2.24, 2.45) is 0 Å². The number of carbonyl (C=O) groups excluding carboxylic acids is 1. The second-order valence-corrected chi connectivity index (χ2v) is 8.08. The van der Waals surface area contributed by atoms with Crippen LogP contribution in [0.25, 0.3) is 5.78 Å². The van der Waals surface area contributed by atoms with Gasteiger partial charge < -0.3 is 4.90 Å². The van der Waals surface area contributed by atoms with Crippen molar-refractivity contribution in [2.75, 3.05) is 26.2 Å². The standard InChI is InChI=1S/C22H25F3N6O/c1-15-19(16(2)31-21(28-15)26-14-27-31)7-8-20(32)30-11-9-29(10-12-30)13-17-3-5-18(6-4-17)22(23,24)25/h3-6,14H,7-13H2,1-2H3. The molecular weight excluding hydrogens is 421 g/mol. The molecule has 3 aromatic rings. The molecule has 1 fully saturated rings. The lowest BCUT2D eigenvalue weighted by Crippen LogP contribution is -2.48. The van der Waals surface area contributed by atoms with Gasteiger partial charge in [0.15, 0.2) is 0 Å². The normalized spacial score (nSPS) is 15.5. The van der Waals surface area contributed by atoms with Crippen molar-refractivity contribution >= 4 is 11.7 Å². The molecule has 4 rings (SSSR count). The van der Waals surface area contributed by atoms with Gasteiger partial charge in [0, 0.05) is 50.5 Å². The van der Waals surface area contributed by atoms with E-state index >= 15 is 0 Å². The van der Waals surface area contributed by atoms with E-state index in [4.69, 9.17) is 0 Å². The average molecular weight is 446 g/mol. The zero-order chi connectivity index (χ0) is 22.9. The highest BCUT2D eigenvalue weighted by Crippen LogP contribution is 2.29. The van der Waals surface area contributed by atoms with Gasteiger partial charge in [-0.1, -0.05) is 12.1 Å². The summed E-state index contributed by atoms with van der Waals surface area (Å²) in [5.74, 6) is 0.649. The predicted molar refractivity (Wildman–Crippen MR) is 112 cm³/mol. The molecular formula is C22H25F3N6O. The van der Waals surface area contributed by atoms with Crippen molar-refractivity contribution in [3.8, 4) is 0 Å². The van der Waals surface area contributed by atoms with Gasteiger partial charge in [-0.05, 0) is 43.5 Å². The monoisotopic (exact) mass is 446 g/mol. The molecule has 1 aliphatic rings. The van der Waals surface area contributed by atoms with Crippen molar-refractivity contribution in [2.45, 2.75) is 39.4 Å². The summed E-state index contributed by atoms with van der Waals surface area (Å²) in [7, 11) is 0. The van der Waals surface area contributed by atoms with Gasteiger partial charge >= 0.3 is 6.18 Å². The minimum Gasteiger partial charge on any atom is -0.340 e. The van der Waals surface area contributed by atoms with E-state index < -0.39 is 11.7 Å². The number of halogens is 3. The molecule has 1 saturated heterocycles. The molecule has 0 bridgehead atoms. The molecule has 10 heteroatoms. The number of hydrogen-bond acceptors (Lipinski definition) is 5. The summed E-state index contributed by atoms with van der Waals surface area (Å²) >= 11 is 0. The number of alkyl halides is 3. The Morgan fingerprint density at radius 1 is 1.06 bits per heavy atom. The quantitative estimate of drug-likeness (QED) is 0.603. The third-order valence-corrected chi connectivity index (χ3v) is 5.99. The first-order chi connectivity index (χ1) is 15.2. The van der Waals surface area contributed by atoms with Gasteiger partial charge in [0.25, 0.3) is 5.78 Å². The van der Waals surface area contributed by atoms with Crippen LogP contribution in [-0.2, 0) is 23.9 Å². The molecule has 32 heavy (non-hydrogen) atoms. The summed E-state index contributed by atoms with van der Waals surface area (Å²) in [6.45, 7) is 7.05. The van der Waals surface area contributed by atoms with Crippen molar-refractivity contribution in [1.82, 2.24) is 29.4 Å². The number of hydrogen-bond donors (Lipinski definition) is 0. The lowest BCUT2D eigenvalue weighted by Gasteiger charge is -2.35. The molecule has 7 nitrogen and oxygen atoms in total. The summed E-state index contributed by atoms with van der Waals surface area (Å²) in [4.78, 5) is 25.3. The second-order valence-electron chi connectivity index (χ2n) is 8.08. The Hall–Kier alpha value is -3.01. The van der Waals surface area contributed by atoms with Crippen LogP contribution < -0.4 is 0 Å². The van der Waals surface area contributed by atoms with Gasteiger partial charge in [0.05, 0.1) is 5.56 Å². The van der Waals surface area contributed by atoms with E-state index in [2.05, 4.69) is 20.0 Å². The summed E-state index contributed by atoms with van der Waals surface area (Å²) in [5, 5.41) is 4.18. The molecule has 1 aliphatic heterocycles. The van der Waals surface area contributed by atoms with Crippen LogP contribution in [0.15, 0.2) is 30.6 Å². The van der Waals surface area contributed by atoms with Crippen molar-refractivity contribution in [1.29, 1.82) is 0 Å². The smallest absolute Gasteiger partial charge is 0.340 e. The second kappa shape index (κ2) is 8.85. The van der Waals surface area contributed by atoms with E-state index in [1.807, 2.05) is 18.7 Å². The highest BCUT2D eigenvalue weighted by Gasteiger charge is 2.30. The molecule has 2 aromatic heterocycles. The van der Waals surface area contributed by atoms with Gasteiger partial charge in [-0.2, -0.15) is 23.3 Å². The number of nitrogens with zero attached hydrogens (tertiary/aromatic N) is 6. The Kier molecular flexibility index (Phi) is 6.14.